The van der Waals surface area contributed by atoms with Gasteiger partial charge in [0.1, 0.15) is 0 Å². The van der Waals surface area contributed by atoms with Gasteiger partial charge in [-0.05, 0) is 32.4 Å². The molecule has 0 aromatic rings. The minimum Gasteiger partial charge on any atom is -0.388 e. The van der Waals surface area contributed by atoms with Gasteiger partial charge in [0.25, 0.3) is 0 Å². The third-order valence-electron chi connectivity index (χ3n) is 4.16. The molecule has 6 heteroatoms. The van der Waals surface area contributed by atoms with E-state index in [0.717, 1.165) is 17.7 Å². The van der Waals surface area contributed by atoms with Crippen LogP contribution in [0.25, 0.3) is 0 Å². The van der Waals surface area contributed by atoms with Crippen LogP contribution in [0.1, 0.15) is 74.7 Å². The summed E-state index contributed by atoms with van der Waals surface area (Å²) in [5.41, 5.74) is 1.72. The molecule has 0 aromatic heterocycles. The Hall–Kier alpha value is -1.30. The number of nitrogens with one attached hydrogen (secondary N) is 2. The Morgan fingerprint density at radius 2 is 1.64 bits per heavy atom. The second kappa shape index (κ2) is 16.6. The van der Waals surface area contributed by atoms with E-state index in [-0.39, 0.29) is 5.91 Å². The number of carbonyl (C=O) groups is 1. The largest absolute Gasteiger partial charge is 0.388 e. The zero-order valence-corrected chi connectivity index (χ0v) is 19.8. The van der Waals surface area contributed by atoms with Gasteiger partial charge in [0.05, 0.1) is 11.3 Å². The summed E-state index contributed by atoms with van der Waals surface area (Å²) in [6, 6.07) is 0. The number of aliphatic hydroxyl groups is 1. The highest BCUT2D eigenvalue weighted by molar-refractivity contribution is 6.31. The topological polar surface area (TPSA) is 70.6 Å². The first kappa shape index (κ1) is 28.9. The average Bonchev–Trinajstić information content (AvgIpc) is 2.71. The van der Waals surface area contributed by atoms with Crippen LogP contribution in [-0.4, -0.2) is 36.4 Å². The van der Waals surface area contributed by atoms with E-state index in [4.69, 9.17) is 16.3 Å². The van der Waals surface area contributed by atoms with Crippen LogP contribution in [0.5, 0.6) is 0 Å². The summed E-state index contributed by atoms with van der Waals surface area (Å²) in [6.07, 6.45) is 5.62. The summed E-state index contributed by atoms with van der Waals surface area (Å²) in [5, 5.41) is 17.2. The lowest BCUT2D eigenvalue weighted by Crippen LogP contribution is -2.45. The number of carbonyl (C=O) groups excluding carboxylic acids is 1. The Labute approximate surface area is 177 Å². The van der Waals surface area contributed by atoms with Crippen molar-refractivity contribution in [1.29, 1.82) is 0 Å². The van der Waals surface area contributed by atoms with Gasteiger partial charge in [0, 0.05) is 50.3 Å². The maximum atomic E-state index is 11.4. The maximum Gasteiger partial charge on any atom is 0.221 e. The molecular formula is C22H41ClN2O3. The molecule has 0 aromatic carbocycles. The highest BCUT2D eigenvalue weighted by Gasteiger charge is 2.29. The van der Waals surface area contributed by atoms with Crippen LogP contribution >= 0.6 is 11.6 Å². The lowest BCUT2D eigenvalue weighted by atomic mass is 9.94. The van der Waals surface area contributed by atoms with E-state index in [1.54, 1.807) is 12.2 Å². The predicted octanol–water partition coefficient (Wildman–Crippen LogP) is 5.02. The fourth-order valence-electron chi connectivity index (χ4n) is 2.24. The van der Waals surface area contributed by atoms with Crippen LogP contribution in [0.2, 0.25) is 0 Å². The maximum absolute atomic E-state index is 11.4. The van der Waals surface area contributed by atoms with E-state index in [9.17, 15) is 9.90 Å². The second-order valence-corrected chi connectivity index (χ2v) is 6.63. The van der Waals surface area contributed by atoms with Crippen molar-refractivity contribution in [3.63, 3.8) is 0 Å². The molecule has 1 saturated heterocycles. The van der Waals surface area contributed by atoms with Gasteiger partial charge in [0.2, 0.25) is 5.91 Å². The lowest BCUT2D eigenvalue weighted by molar-refractivity contribution is -0.118. The van der Waals surface area contributed by atoms with Crippen molar-refractivity contribution in [2.24, 2.45) is 0 Å². The third-order valence-corrected chi connectivity index (χ3v) is 4.60. The van der Waals surface area contributed by atoms with E-state index < -0.39 is 5.60 Å². The average molecular weight is 417 g/mol. The van der Waals surface area contributed by atoms with Crippen molar-refractivity contribution in [1.82, 2.24) is 10.6 Å². The third kappa shape index (κ3) is 12.2. The molecule has 1 rings (SSSR count). The number of hydrogen-bond donors (Lipinski definition) is 3. The minimum atomic E-state index is -0.777. The standard InChI is InChI=1S/C18H29ClN2O3.2C2H6/c1-5-13(2)16(19)6-7-17(21-15(4)22)14(3)20-12-18(23)8-10-24-11-9-18;2*1-2/h6-7,20,23H,5,8-12H2,1-4H3,(H,21,22);2*1-2H3/b7-6-,16-13?,17-14-;;. The number of allylic oxidation sites excluding steroid dienone is 5. The number of hydrogen-bond acceptors (Lipinski definition) is 4. The molecule has 1 fully saturated rings. The molecule has 28 heavy (non-hydrogen) atoms. The van der Waals surface area contributed by atoms with Gasteiger partial charge in [-0.3, -0.25) is 4.79 Å². The highest BCUT2D eigenvalue weighted by Crippen LogP contribution is 2.20. The van der Waals surface area contributed by atoms with E-state index in [1.807, 2.05) is 48.5 Å². The molecule has 0 atom stereocenters. The molecule has 1 amide bonds. The minimum absolute atomic E-state index is 0.159. The van der Waals surface area contributed by atoms with Gasteiger partial charge < -0.3 is 20.5 Å². The van der Waals surface area contributed by atoms with Crippen molar-refractivity contribution in [3.05, 3.63) is 34.2 Å². The van der Waals surface area contributed by atoms with Crippen LogP contribution in [-0.2, 0) is 9.53 Å². The molecule has 0 saturated carbocycles. The SMILES string of the molecule is CC.CC.CCC(C)=C(Cl)/C=C\C(NC(C)=O)=C(/C)NCC1(O)CCOCC1. The first-order chi connectivity index (χ1) is 13.3. The molecule has 0 radical (unpaired) electrons. The molecular weight excluding hydrogens is 376 g/mol. The zero-order chi connectivity index (χ0) is 22.2. The quantitative estimate of drug-likeness (QED) is 0.510. The predicted molar refractivity (Wildman–Crippen MR) is 120 cm³/mol. The molecule has 1 aliphatic rings. The van der Waals surface area contributed by atoms with E-state index in [2.05, 4.69) is 10.6 Å². The molecule has 0 spiro atoms. The monoisotopic (exact) mass is 416 g/mol. The summed E-state index contributed by atoms with van der Waals surface area (Å²) in [4.78, 5) is 11.4. The molecule has 3 N–H and O–H groups in total. The Morgan fingerprint density at radius 3 is 2.11 bits per heavy atom. The number of amides is 1. The summed E-state index contributed by atoms with van der Waals surface area (Å²) < 4.78 is 5.28. The van der Waals surface area contributed by atoms with Crippen molar-refractivity contribution >= 4 is 17.5 Å². The van der Waals surface area contributed by atoms with Crippen LogP contribution < -0.4 is 10.6 Å². The molecule has 0 aliphatic carbocycles. The normalized spacial score (nSPS) is 17.2. The van der Waals surface area contributed by atoms with Gasteiger partial charge in [-0.1, -0.05) is 51.8 Å². The first-order valence-electron chi connectivity index (χ1n) is 10.3. The Morgan fingerprint density at radius 1 is 1.11 bits per heavy atom. The Bertz CT molecular complexity index is 534. The Kier molecular flexibility index (Phi) is 17.2. The summed E-state index contributed by atoms with van der Waals surface area (Å²) >= 11 is 6.22. The number of halogens is 1. The van der Waals surface area contributed by atoms with Gasteiger partial charge >= 0.3 is 0 Å². The summed E-state index contributed by atoms with van der Waals surface area (Å²) in [5.74, 6) is -0.159. The van der Waals surface area contributed by atoms with Gasteiger partial charge in [-0.15, -0.1) is 0 Å². The highest BCUT2D eigenvalue weighted by atomic mass is 35.5. The second-order valence-electron chi connectivity index (χ2n) is 6.23. The van der Waals surface area contributed by atoms with Crippen molar-refractivity contribution in [2.45, 2.75) is 80.3 Å². The van der Waals surface area contributed by atoms with Crippen molar-refractivity contribution < 1.29 is 14.6 Å². The molecule has 0 unspecified atom stereocenters. The van der Waals surface area contributed by atoms with Gasteiger partial charge in [-0.2, -0.15) is 0 Å². The van der Waals surface area contributed by atoms with Crippen LogP contribution in [0.3, 0.4) is 0 Å². The zero-order valence-electron chi connectivity index (χ0n) is 19.0. The fraction of sp³-hybridized carbons (Fsp3) is 0.682. The molecule has 5 nitrogen and oxygen atoms in total. The molecule has 1 aliphatic heterocycles. The number of rotatable bonds is 7. The van der Waals surface area contributed by atoms with E-state index in [0.29, 0.717) is 43.3 Å². The van der Waals surface area contributed by atoms with Crippen LogP contribution in [0.4, 0.5) is 0 Å². The van der Waals surface area contributed by atoms with Gasteiger partial charge in [0.15, 0.2) is 0 Å². The Balaban J connectivity index is 0. The molecule has 1 heterocycles. The summed E-state index contributed by atoms with van der Waals surface area (Å²) in [6.45, 7) is 16.9. The van der Waals surface area contributed by atoms with Crippen molar-refractivity contribution in [2.75, 3.05) is 19.8 Å². The van der Waals surface area contributed by atoms with Crippen LogP contribution in [0, 0.1) is 0 Å². The van der Waals surface area contributed by atoms with E-state index in [1.165, 1.54) is 6.92 Å². The molecule has 164 valence electrons. The summed E-state index contributed by atoms with van der Waals surface area (Å²) in [7, 11) is 0. The molecule has 0 bridgehead atoms. The lowest BCUT2D eigenvalue weighted by Gasteiger charge is -2.32. The van der Waals surface area contributed by atoms with Crippen LogP contribution in [0.15, 0.2) is 34.2 Å². The van der Waals surface area contributed by atoms with Gasteiger partial charge in [-0.25, -0.2) is 0 Å². The fourth-order valence-corrected chi connectivity index (χ4v) is 2.43. The van der Waals surface area contributed by atoms with E-state index >= 15 is 0 Å². The van der Waals surface area contributed by atoms with Crippen molar-refractivity contribution in [3.8, 4) is 0 Å². The number of ether oxygens (including phenoxy) is 1. The smallest absolute Gasteiger partial charge is 0.221 e. The first-order valence-corrected chi connectivity index (χ1v) is 10.7.